The summed E-state index contributed by atoms with van der Waals surface area (Å²) in [6.07, 6.45) is 4.56. The third-order valence-electron chi connectivity index (χ3n) is 3.75. The number of anilines is 1. The maximum Gasteiger partial charge on any atom is 0.140 e. The van der Waals surface area contributed by atoms with Crippen LogP contribution < -0.4 is 5.32 Å². The van der Waals surface area contributed by atoms with Gasteiger partial charge in [0.2, 0.25) is 0 Å². The summed E-state index contributed by atoms with van der Waals surface area (Å²) in [4.78, 5) is 0. The van der Waals surface area contributed by atoms with E-state index >= 15 is 0 Å². The van der Waals surface area contributed by atoms with Crippen molar-refractivity contribution in [3.05, 3.63) is 35.2 Å². The molecule has 102 valence electrons. The van der Waals surface area contributed by atoms with Gasteiger partial charge in [0.15, 0.2) is 0 Å². The molecule has 1 aliphatic carbocycles. The number of benzene rings is 1. The quantitative estimate of drug-likeness (QED) is 0.801. The van der Waals surface area contributed by atoms with Gasteiger partial charge in [-0.25, -0.2) is 0 Å². The lowest BCUT2D eigenvalue weighted by Crippen LogP contribution is -2.06. The summed E-state index contributed by atoms with van der Waals surface area (Å²) in [6.45, 7) is 0.696. The second kappa shape index (κ2) is 4.86. The minimum absolute atomic E-state index is 0.696. The summed E-state index contributed by atoms with van der Waals surface area (Å²) in [5, 5.41) is 7.60. The normalized spacial score (nSPS) is 14.4. The molecule has 20 heavy (non-hydrogen) atoms. The molecule has 0 atom stereocenters. The number of fused-ring (bicyclic) bond motifs is 2. The summed E-state index contributed by atoms with van der Waals surface area (Å²) in [5.41, 5.74) is 5.26. The number of aromatic nitrogens is 3. The Morgan fingerprint density at radius 2 is 2.05 bits per heavy atom. The van der Waals surface area contributed by atoms with Gasteiger partial charge in [0.25, 0.3) is 0 Å². The second-order valence-electron chi connectivity index (χ2n) is 5.06. The van der Waals surface area contributed by atoms with Gasteiger partial charge in [0.05, 0.1) is 18.3 Å². The average molecular weight is 286 g/mol. The van der Waals surface area contributed by atoms with Crippen molar-refractivity contribution in [2.75, 3.05) is 5.32 Å². The number of nitrogens with zero attached hydrogens (tertiary/aromatic N) is 3. The lowest BCUT2D eigenvalue weighted by atomic mass is 9.96. The maximum absolute atomic E-state index is 5.42. The van der Waals surface area contributed by atoms with Crippen molar-refractivity contribution < 1.29 is 4.52 Å². The van der Waals surface area contributed by atoms with Crippen LogP contribution in [0.25, 0.3) is 11.0 Å². The second-order valence-corrected chi connectivity index (χ2v) is 5.59. The molecule has 0 saturated heterocycles. The molecule has 0 fully saturated rings. The van der Waals surface area contributed by atoms with Crippen molar-refractivity contribution >= 4 is 28.4 Å². The van der Waals surface area contributed by atoms with Crippen molar-refractivity contribution in [3.8, 4) is 0 Å². The molecule has 0 amide bonds. The van der Waals surface area contributed by atoms with Gasteiger partial charge in [0.1, 0.15) is 22.5 Å². The van der Waals surface area contributed by atoms with Crippen LogP contribution in [0, 0.1) is 0 Å². The predicted molar refractivity (Wildman–Crippen MR) is 77.9 cm³/mol. The van der Waals surface area contributed by atoms with Gasteiger partial charge >= 0.3 is 0 Å². The number of hydrogen-bond donors (Lipinski definition) is 1. The van der Waals surface area contributed by atoms with Gasteiger partial charge in [-0.3, -0.25) is 0 Å². The van der Waals surface area contributed by atoms with Gasteiger partial charge in [-0.1, -0.05) is 5.16 Å². The largest absolute Gasteiger partial charge is 0.379 e. The van der Waals surface area contributed by atoms with E-state index in [1.807, 2.05) is 18.2 Å². The Morgan fingerprint density at radius 3 is 3.05 bits per heavy atom. The van der Waals surface area contributed by atoms with Gasteiger partial charge in [0, 0.05) is 17.7 Å². The number of rotatable bonds is 3. The van der Waals surface area contributed by atoms with Crippen molar-refractivity contribution in [2.45, 2.75) is 32.2 Å². The molecule has 5 nitrogen and oxygen atoms in total. The van der Waals surface area contributed by atoms with Crippen LogP contribution in [-0.2, 0) is 19.4 Å². The molecule has 0 bridgehead atoms. The van der Waals surface area contributed by atoms with Gasteiger partial charge in [-0.05, 0) is 37.5 Å². The number of hydrogen-bond acceptors (Lipinski definition) is 6. The molecule has 1 N–H and O–H groups in total. The summed E-state index contributed by atoms with van der Waals surface area (Å²) in [6, 6.07) is 6.03. The van der Waals surface area contributed by atoms with E-state index in [2.05, 4.69) is 19.2 Å². The highest BCUT2D eigenvalue weighted by Crippen LogP contribution is 2.25. The highest BCUT2D eigenvalue weighted by Gasteiger charge is 2.18. The third kappa shape index (κ3) is 2.06. The molecule has 0 unspecified atom stereocenters. The van der Waals surface area contributed by atoms with Gasteiger partial charge < -0.3 is 9.84 Å². The molecule has 2 heterocycles. The molecule has 4 rings (SSSR count). The van der Waals surface area contributed by atoms with E-state index < -0.39 is 0 Å². The smallest absolute Gasteiger partial charge is 0.140 e. The zero-order chi connectivity index (χ0) is 13.4. The van der Waals surface area contributed by atoms with E-state index in [9.17, 15) is 0 Å². The van der Waals surface area contributed by atoms with E-state index in [1.54, 1.807) is 0 Å². The predicted octanol–water partition coefficient (Wildman–Crippen LogP) is 3.17. The Kier molecular flexibility index (Phi) is 2.88. The molecule has 3 aromatic rings. The molecule has 6 heteroatoms. The SMILES string of the molecule is c1cc2nsnc2cc1NCc1noc2c1CCCC2. The zero-order valence-electron chi connectivity index (χ0n) is 10.9. The van der Waals surface area contributed by atoms with Crippen LogP contribution >= 0.6 is 11.7 Å². The molecular formula is C14H14N4OS. The van der Waals surface area contributed by atoms with Crippen LogP contribution in [0.2, 0.25) is 0 Å². The fraction of sp³-hybridized carbons (Fsp3) is 0.357. The Hall–Kier alpha value is -1.95. The lowest BCUT2D eigenvalue weighted by molar-refractivity contribution is 0.368. The molecule has 1 aromatic carbocycles. The zero-order valence-corrected chi connectivity index (χ0v) is 11.7. The van der Waals surface area contributed by atoms with Crippen LogP contribution in [0.3, 0.4) is 0 Å². The van der Waals surface area contributed by atoms with Crippen LogP contribution in [-0.4, -0.2) is 13.9 Å². The minimum Gasteiger partial charge on any atom is -0.379 e. The maximum atomic E-state index is 5.42. The average Bonchev–Trinajstić information content (AvgIpc) is 3.11. The summed E-state index contributed by atoms with van der Waals surface area (Å²) in [5.74, 6) is 1.08. The van der Waals surface area contributed by atoms with Gasteiger partial charge in [-0.2, -0.15) is 8.75 Å². The highest BCUT2D eigenvalue weighted by molar-refractivity contribution is 7.00. The fourth-order valence-electron chi connectivity index (χ4n) is 2.67. The monoisotopic (exact) mass is 286 g/mol. The lowest BCUT2D eigenvalue weighted by Gasteiger charge is -2.10. The minimum atomic E-state index is 0.696. The highest BCUT2D eigenvalue weighted by atomic mass is 32.1. The molecule has 0 saturated carbocycles. The number of nitrogens with one attached hydrogen (secondary N) is 1. The Labute approximate surface area is 120 Å². The molecule has 2 aromatic heterocycles. The summed E-state index contributed by atoms with van der Waals surface area (Å²) >= 11 is 1.24. The first-order valence-electron chi connectivity index (χ1n) is 6.82. The fourth-order valence-corrected chi connectivity index (χ4v) is 3.18. The summed E-state index contributed by atoms with van der Waals surface area (Å²) in [7, 11) is 0. The first-order valence-corrected chi connectivity index (χ1v) is 7.56. The molecule has 0 aliphatic heterocycles. The van der Waals surface area contributed by atoms with E-state index in [0.717, 1.165) is 41.0 Å². The van der Waals surface area contributed by atoms with E-state index in [-0.39, 0.29) is 0 Å². The Balaban J connectivity index is 1.53. The third-order valence-corrected chi connectivity index (χ3v) is 4.30. The molecule has 0 spiro atoms. The Morgan fingerprint density at radius 1 is 1.15 bits per heavy atom. The van der Waals surface area contributed by atoms with Crippen LogP contribution in [0.4, 0.5) is 5.69 Å². The summed E-state index contributed by atoms with van der Waals surface area (Å²) < 4.78 is 13.9. The van der Waals surface area contributed by atoms with E-state index in [1.165, 1.54) is 30.1 Å². The standard InChI is InChI=1S/C14H14N4OS/c1-2-4-14-10(3-1)13(16-19-14)8-15-9-5-6-11-12(7-9)18-20-17-11/h5-7,15H,1-4,8H2. The number of aryl methyl sites for hydroxylation is 1. The molecular weight excluding hydrogens is 272 g/mol. The topological polar surface area (TPSA) is 63.8 Å². The molecule has 1 aliphatic rings. The Bertz CT molecular complexity index is 749. The van der Waals surface area contributed by atoms with Gasteiger partial charge in [-0.15, -0.1) is 0 Å². The van der Waals surface area contributed by atoms with Crippen LogP contribution in [0.15, 0.2) is 22.7 Å². The van der Waals surface area contributed by atoms with Crippen molar-refractivity contribution in [3.63, 3.8) is 0 Å². The first kappa shape index (κ1) is 11.8. The van der Waals surface area contributed by atoms with E-state index in [4.69, 9.17) is 4.52 Å². The van der Waals surface area contributed by atoms with Crippen molar-refractivity contribution in [1.29, 1.82) is 0 Å². The van der Waals surface area contributed by atoms with Crippen molar-refractivity contribution in [2.24, 2.45) is 0 Å². The van der Waals surface area contributed by atoms with Crippen molar-refractivity contribution in [1.82, 2.24) is 13.9 Å². The van der Waals surface area contributed by atoms with Crippen LogP contribution in [0.1, 0.15) is 29.9 Å². The molecule has 0 radical (unpaired) electrons. The first-order chi connectivity index (χ1) is 9.90. The van der Waals surface area contributed by atoms with Crippen LogP contribution in [0.5, 0.6) is 0 Å². The van der Waals surface area contributed by atoms with E-state index in [0.29, 0.717) is 6.54 Å².